The van der Waals surface area contributed by atoms with E-state index in [1.54, 1.807) is 24.3 Å². The Labute approximate surface area is 198 Å². The number of hydrogen-bond acceptors (Lipinski definition) is 6. The van der Waals surface area contributed by atoms with Gasteiger partial charge in [0.05, 0.1) is 27.4 Å². The van der Waals surface area contributed by atoms with Gasteiger partial charge in [0, 0.05) is 24.7 Å². The molecule has 0 N–H and O–H groups in total. The summed E-state index contributed by atoms with van der Waals surface area (Å²) in [4.78, 5) is 0.0385. The highest BCUT2D eigenvalue weighted by Gasteiger charge is 2.31. The Kier molecular flexibility index (Phi) is 7.35. The van der Waals surface area contributed by atoms with Crippen molar-refractivity contribution in [1.29, 1.82) is 0 Å². The summed E-state index contributed by atoms with van der Waals surface area (Å²) in [5.41, 5.74) is 2.48. The lowest BCUT2D eigenvalue weighted by atomic mass is 10.1. The number of sulfonamides is 1. The van der Waals surface area contributed by atoms with Crippen molar-refractivity contribution in [3.63, 3.8) is 0 Å². The lowest BCUT2D eigenvalue weighted by Crippen LogP contribution is -2.32. The minimum absolute atomic E-state index is 0.0385. The molecule has 4 rings (SSSR count). The van der Waals surface area contributed by atoms with Gasteiger partial charge in [-0.2, -0.15) is 4.31 Å². The summed E-state index contributed by atoms with van der Waals surface area (Å²) in [7, 11) is -0.976. The van der Waals surface area contributed by atoms with Crippen LogP contribution in [0.5, 0.6) is 17.2 Å². The fraction of sp³-hybridized carbons (Fsp3) is 0.280. The Hall–Kier alpha value is -3.14. The molecule has 0 aromatic heterocycles. The first-order chi connectivity index (χ1) is 16.4. The van der Waals surface area contributed by atoms with Gasteiger partial charge in [0.2, 0.25) is 10.0 Å². The van der Waals surface area contributed by atoms with E-state index in [4.69, 9.17) is 18.9 Å². The SMILES string of the molecule is COc1ccc(OC)c(S(=O)(=O)N2CCOc3ccc(COCc4ccc(F)cc4)cc3C2)c1. The van der Waals surface area contributed by atoms with Crippen LogP contribution in [0, 0.1) is 5.82 Å². The van der Waals surface area contributed by atoms with Gasteiger partial charge in [0.1, 0.15) is 34.6 Å². The van der Waals surface area contributed by atoms with Gasteiger partial charge in [0.15, 0.2) is 0 Å². The largest absolute Gasteiger partial charge is 0.497 e. The summed E-state index contributed by atoms with van der Waals surface area (Å²) < 4.78 is 63.6. The molecule has 0 saturated carbocycles. The van der Waals surface area contributed by atoms with Gasteiger partial charge in [-0.3, -0.25) is 0 Å². The first-order valence-electron chi connectivity index (χ1n) is 10.7. The van der Waals surface area contributed by atoms with Gasteiger partial charge in [-0.15, -0.1) is 0 Å². The summed E-state index contributed by atoms with van der Waals surface area (Å²) in [6, 6.07) is 16.4. The maximum atomic E-state index is 13.5. The number of nitrogens with zero attached hydrogens (tertiary/aromatic N) is 1. The number of hydrogen-bond donors (Lipinski definition) is 0. The number of halogens is 1. The molecular formula is C25H26FNO6S. The zero-order valence-corrected chi connectivity index (χ0v) is 19.8. The molecule has 34 heavy (non-hydrogen) atoms. The van der Waals surface area contributed by atoms with Crippen molar-refractivity contribution in [3.8, 4) is 17.2 Å². The van der Waals surface area contributed by atoms with E-state index in [1.165, 1.54) is 36.7 Å². The molecule has 3 aromatic carbocycles. The summed E-state index contributed by atoms with van der Waals surface area (Å²) in [6.45, 7) is 1.21. The highest BCUT2D eigenvalue weighted by atomic mass is 32.2. The van der Waals surface area contributed by atoms with Crippen molar-refractivity contribution in [3.05, 3.63) is 83.2 Å². The van der Waals surface area contributed by atoms with Crippen LogP contribution < -0.4 is 14.2 Å². The molecule has 1 heterocycles. The lowest BCUT2D eigenvalue weighted by Gasteiger charge is -2.21. The molecular weight excluding hydrogens is 461 g/mol. The molecule has 0 amide bonds. The number of methoxy groups -OCH3 is 2. The van der Waals surface area contributed by atoms with E-state index in [2.05, 4.69) is 0 Å². The third kappa shape index (κ3) is 5.32. The summed E-state index contributed by atoms with van der Waals surface area (Å²) in [5, 5.41) is 0. The zero-order chi connectivity index (χ0) is 24.1. The van der Waals surface area contributed by atoms with Crippen molar-refractivity contribution < 1.29 is 31.8 Å². The monoisotopic (exact) mass is 487 g/mol. The zero-order valence-electron chi connectivity index (χ0n) is 19.0. The van der Waals surface area contributed by atoms with E-state index in [1.807, 2.05) is 18.2 Å². The van der Waals surface area contributed by atoms with Crippen LogP contribution in [0.1, 0.15) is 16.7 Å². The van der Waals surface area contributed by atoms with Crippen LogP contribution in [0.15, 0.2) is 65.6 Å². The van der Waals surface area contributed by atoms with Crippen LogP contribution in [0.3, 0.4) is 0 Å². The van der Waals surface area contributed by atoms with E-state index < -0.39 is 10.0 Å². The molecule has 1 aliphatic rings. The van der Waals surface area contributed by atoms with Gasteiger partial charge in [0.25, 0.3) is 0 Å². The molecule has 3 aromatic rings. The third-order valence-electron chi connectivity index (χ3n) is 5.51. The quantitative estimate of drug-likeness (QED) is 0.476. The van der Waals surface area contributed by atoms with E-state index in [0.717, 1.165) is 16.7 Å². The Bertz CT molecular complexity index is 1250. The molecule has 0 unspecified atom stereocenters. The van der Waals surface area contributed by atoms with Crippen molar-refractivity contribution in [2.45, 2.75) is 24.7 Å². The molecule has 0 fully saturated rings. The van der Waals surface area contributed by atoms with Crippen molar-refractivity contribution in [2.75, 3.05) is 27.4 Å². The van der Waals surface area contributed by atoms with Crippen LogP contribution in [0.25, 0.3) is 0 Å². The molecule has 0 saturated heterocycles. The average molecular weight is 488 g/mol. The van der Waals surface area contributed by atoms with Gasteiger partial charge in [-0.25, -0.2) is 12.8 Å². The molecule has 0 atom stereocenters. The molecule has 7 nitrogen and oxygen atoms in total. The smallest absolute Gasteiger partial charge is 0.247 e. The van der Waals surface area contributed by atoms with Gasteiger partial charge in [-0.05, 0) is 47.5 Å². The summed E-state index contributed by atoms with van der Waals surface area (Å²) in [5.74, 6) is 1.01. The van der Waals surface area contributed by atoms with E-state index in [-0.39, 0.29) is 36.2 Å². The van der Waals surface area contributed by atoms with Crippen LogP contribution in [-0.4, -0.2) is 40.1 Å². The maximum Gasteiger partial charge on any atom is 0.247 e. The van der Waals surface area contributed by atoms with Crippen LogP contribution >= 0.6 is 0 Å². The molecule has 0 aliphatic carbocycles. The second-order valence-corrected chi connectivity index (χ2v) is 9.67. The Morgan fingerprint density at radius 3 is 2.41 bits per heavy atom. The fourth-order valence-corrected chi connectivity index (χ4v) is 5.28. The van der Waals surface area contributed by atoms with Gasteiger partial charge in [-0.1, -0.05) is 18.2 Å². The van der Waals surface area contributed by atoms with E-state index >= 15 is 0 Å². The molecule has 9 heteroatoms. The van der Waals surface area contributed by atoms with Gasteiger partial charge < -0.3 is 18.9 Å². The van der Waals surface area contributed by atoms with Crippen molar-refractivity contribution >= 4 is 10.0 Å². The lowest BCUT2D eigenvalue weighted by molar-refractivity contribution is 0.107. The number of ether oxygens (including phenoxy) is 4. The average Bonchev–Trinajstić information content (AvgIpc) is 3.07. The maximum absolute atomic E-state index is 13.5. The third-order valence-corrected chi connectivity index (χ3v) is 7.38. The van der Waals surface area contributed by atoms with Crippen LogP contribution in [0.4, 0.5) is 4.39 Å². The Morgan fingerprint density at radius 2 is 1.68 bits per heavy atom. The summed E-state index contributed by atoms with van der Waals surface area (Å²) in [6.07, 6.45) is 0. The fourth-order valence-electron chi connectivity index (χ4n) is 3.71. The topological polar surface area (TPSA) is 74.3 Å². The molecule has 1 aliphatic heterocycles. The first-order valence-corrected chi connectivity index (χ1v) is 12.1. The summed E-state index contributed by atoms with van der Waals surface area (Å²) >= 11 is 0. The van der Waals surface area contributed by atoms with Crippen molar-refractivity contribution in [2.24, 2.45) is 0 Å². The predicted molar refractivity (Wildman–Crippen MR) is 124 cm³/mol. The van der Waals surface area contributed by atoms with Gasteiger partial charge >= 0.3 is 0 Å². The van der Waals surface area contributed by atoms with Crippen LogP contribution in [-0.2, 0) is 34.5 Å². The predicted octanol–water partition coefficient (Wildman–Crippen LogP) is 4.14. The molecule has 0 radical (unpaired) electrons. The van der Waals surface area contributed by atoms with E-state index in [9.17, 15) is 12.8 Å². The molecule has 0 bridgehead atoms. The van der Waals surface area contributed by atoms with E-state index in [0.29, 0.717) is 24.7 Å². The highest BCUT2D eigenvalue weighted by molar-refractivity contribution is 7.89. The first kappa shape index (κ1) is 24.0. The second kappa shape index (κ2) is 10.4. The Balaban J connectivity index is 1.52. The number of benzene rings is 3. The minimum atomic E-state index is -3.89. The molecule has 180 valence electrons. The normalized spacial score (nSPS) is 14.1. The highest BCUT2D eigenvalue weighted by Crippen LogP contribution is 2.33. The van der Waals surface area contributed by atoms with Crippen LogP contribution in [0.2, 0.25) is 0 Å². The second-order valence-electron chi connectivity index (χ2n) is 7.77. The van der Waals surface area contributed by atoms with Crippen molar-refractivity contribution in [1.82, 2.24) is 4.31 Å². The number of fused-ring (bicyclic) bond motifs is 1. The Morgan fingerprint density at radius 1 is 0.941 bits per heavy atom. The minimum Gasteiger partial charge on any atom is -0.497 e. The standard InChI is InChI=1S/C25H26FNO6S/c1-30-22-8-10-24(31-2)25(14-22)34(28,29)27-11-12-33-23-9-5-19(13-20(23)15-27)17-32-16-18-3-6-21(26)7-4-18/h3-10,13-14H,11-12,15-17H2,1-2H3. The molecule has 0 spiro atoms. The number of rotatable bonds is 8.